The summed E-state index contributed by atoms with van der Waals surface area (Å²) in [7, 11) is 0. The van der Waals surface area contributed by atoms with Crippen molar-refractivity contribution in [2.75, 3.05) is 11.9 Å². The molecule has 0 saturated carbocycles. The molecule has 1 unspecified atom stereocenters. The maximum atomic E-state index is 10.7. The van der Waals surface area contributed by atoms with Crippen molar-refractivity contribution in [3.63, 3.8) is 0 Å². The van der Waals surface area contributed by atoms with E-state index in [-0.39, 0.29) is 12.2 Å². The Bertz CT molecular complexity index is 484. The Kier molecular flexibility index (Phi) is 3.87. The first-order chi connectivity index (χ1) is 8.24. The summed E-state index contributed by atoms with van der Waals surface area (Å²) in [6.07, 6.45) is 0. The Morgan fingerprint density at radius 3 is 2.61 bits per heavy atom. The lowest BCUT2D eigenvalue weighted by molar-refractivity contribution is -0.384. The molecule has 1 aromatic carbocycles. The number of nitrogens with zero attached hydrogens (tertiary/aromatic N) is 1. The van der Waals surface area contributed by atoms with Crippen LogP contribution in [0.1, 0.15) is 12.5 Å². The number of carboxylic acid groups (broad SMARTS) is 1. The van der Waals surface area contributed by atoms with Crippen LogP contribution in [0.3, 0.4) is 0 Å². The molecule has 0 aliphatic carbocycles. The molecule has 0 bridgehead atoms. The van der Waals surface area contributed by atoms with E-state index in [1.165, 1.54) is 25.1 Å². The summed E-state index contributed by atoms with van der Waals surface area (Å²) in [5.74, 6) is -1.34. The molecule has 3 N–H and O–H groups in total. The molecular formula is C11H14N2O5. The fourth-order valence-electron chi connectivity index (χ4n) is 1.30. The van der Waals surface area contributed by atoms with Gasteiger partial charge in [-0.3, -0.25) is 10.1 Å². The summed E-state index contributed by atoms with van der Waals surface area (Å²) >= 11 is 0. The topological polar surface area (TPSA) is 113 Å². The highest BCUT2D eigenvalue weighted by atomic mass is 16.6. The minimum atomic E-state index is -1.89. The van der Waals surface area contributed by atoms with E-state index in [0.29, 0.717) is 11.3 Å². The van der Waals surface area contributed by atoms with Gasteiger partial charge in [0.05, 0.1) is 11.5 Å². The molecule has 0 aliphatic heterocycles. The third-order valence-corrected chi connectivity index (χ3v) is 2.50. The molecule has 0 saturated heterocycles. The monoisotopic (exact) mass is 254 g/mol. The van der Waals surface area contributed by atoms with Gasteiger partial charge in [-0.05, 0) is 25.5 Å². The number of nitro benzene ring substituents is 1. The number of anilines is 1. The summed E-state index contributed by atoms with van der Waals surface area (Å²) in [6.45, 7) is 2.63. The average Bonchev–Trinajstić information content (AvgIpc) is 2.26. The molecule has 7 heteroatoms. The van der Waals surface area contributed by atoms with Crippen molar-refractivity contribution in [3.05, 3.63) is 33.9 Å². The molecule has 0 radical (unpaired) electrons. The maximum Gasteiger partial charge on any atom is 0.337 e. The summed E-state index contributed by atoms with van der Waals surface area (Å²) < 4.78 is 0. The molecule has 0 spiro atoms. The van der Waals surface area contributed by atoms with E-state index in [1.54, 1.807) is 6.92 Å². The molecule has 1 atom stereocenters. The molecule has 0 aliphatic rings. The number of nitrogens with one attached hydrogen (secondary N) is 1. The predicted molar refractivity (Wildman–Crippen MR) is 64.6 cm³/mol. The second kappa shape index (κ2) is 5.01. The predicted octanol–water partition coefficient (Wildman–Crippen LogP) is 1.15. The van der Waals surface area contributed by atoms with E-state index in [2.05, 4.69) is 5.32 Å². The second-order valence-electron chi connectivity index (χ2n) is 4.19. The van der Waals surface area contributed by atoms with Gasteiger partial charge < -0.3 is 15.5 Å². The van der Waals surface area contributed by atoms with Crippen LogP contribution in [0, 0.1) is 17.0 Å². The molecule has 0 aromatic heterocycles. The van der Waals surface area contributed by atoms with Crippen molar-refractivity contribution in [1.82, 2.24) is 0 Å². The van der Waals surface area contributed by atoms with Crippen molar-refractivity contribution in [2.24, 2.45) is 0 Å². The number of nitro groups is 1. The van der Waals surface area contributed by atoms with Gasteiger partial charge in [-0.25, -0.2) is 4.79 Å². The van der Waals surface area contributed by atoms with Crippen LogP contribution in [0.4, 0.5) is 11.4 Å². The number of rotatable bonds is 5. The van der Waals surface area contributed by atoms with Gasteiger partial charge in [-0.1, -0.05) is 0 Å². The normalized spacial score (nSPS) is 13.7. The van der Waals surface area contributed by atoms with E-state index < -0.39 is 16.5 Å². The van der Waals surface area contributed by atoms with E-state index in [1.807, 2.05) is 0 Å². The Hall–Kier alpha value is -2.15. The Labute approximate surface area is 103 Å². The fourth-order valence-corrected chi connectivity index (χ4v) is 1.30. The largest absolute Gasteiger partial charge is 0.479 e. The number of carboxylic acids is 1. The Morgan fingerprint density at radius 1 is 1.56 bits per heavy atom. The van der Waals surface area contributed by atoms with Crippen LogP contribution in [0.2, 0.25) is 0 Å². The molecule has 1 rings (SSSR count). The van der Waals surface area contributed by atoms with E-state index >= 15 is 0 Å². The van der Waals surface area contributed by atoms with Crippen LogP contribution < -0.4 is 5.32 Å². The van der Waals surface area contributed by atoms with Gasteiger partial charge in [-0.15, -0.1) is 0 Å². The Morgan fingerprint density at radius 2 is 2.17 bits per heavy atom. The molecule has 1 aromatic rings. The van der Waals surface area contributed by atoms with Crippen molar-refractivity contribution in [3.8, 4) is 0 Å². The number of hydrogen-bond acceptors (Lipinski definition) is 5. The fraction of sp³-hybridized carbons (Fsp3) is 0.364. The van der Waals surface area contributed by atoms with Crippen LogP contribution in [-0.4, -0.2) is 33.3 Å². The minimum absolute atomic E-state index is 0.0388. The number of aryl methyl sites for hydroxylation is 1. The summed E-state index contributed by atoms with van der Waals surface area (Å²) in [5, 5.41) is 31.5. The van der Waals surface area contributed by atoms with Crippen LogP contribution in [0.15, 0.2) is 18.2 Å². The molecule has 98 valence electrons. The van der Waals surface area contributed by atoms with Gasteiger partial charge in [-0.2, -0.15) is 0 Å². The third-order valence-electron chi connectivity index (χ3n) is 2.50. The Balaban J connectivity index is 2.81. The van der Waals surface area contributed by atoms with Gasteiger partial charge in [0.2, 0.25) is 0 Å². The SMILES string of the molecule is Cc1cc([N+](=O)[O-])ccc1NCC(C)(O)C(=O)O. The zero-order chi connectivity index (χ0) is 13.9. The molecule has 0 fully saturated rings. The van der Waals surface area contributed by atoms with Crippen LogP contribution in [-0.2, 0) is 4.79 Å². The highest BCUT2D eigenvalue weighted by Crippen LogP contribution is 2.21. The highest BCUT2D eigenvalue weighted by Gasteiger charge is 2.29. The minimum Gasteiger partial charge on any atom is -0.479 e. The summed E-state index contributed by atoms with van der Waals surface area (Å²) in [5.41, 5.74) is -0.788. The number of benzene rings is 1. The van der Waals surface area contributed by atoms with Crippen LogP contribution in [0.25, 0.3) is 0 Å². The third kappa shape index (κ3) is 3.17. The number of aliphatic carboxylic acids is 1. The molecule has 0 heterocycles. The van der Waals surface area contributed by atoms with E-state index in [0.717, 1.165) is 0 Å². The first-order valence-corrected chi connectivity index (χ1v) is 5.19. The zero-order valence-electron chi connectivity index (χ0n) is 10.0. The first kappa shape index (κ1) is 13.9. The maximum absolute atomic E-state index is 10.7. The van der Waals surface area contributed by atoms with Crippen LogP contribution >= 0.6 is 0 Å². The van der Waals surface area contributed by atoms with Gasteiger partial charge in [0.25, 0.3) is 5.69 Å². The number of hydrogen-bond donors (Lipinski definition) is 3. The number of non-ortho nitro benzene ring substituents is 1. The van der Waals surface area contributed by atoms with E-state index in [9.17, 15) is 20.0 Å². The highest BCUT2D eigenvalue weighted by molar-refractivity contribution is 5.77. The standard InChI is InChI=1S/C11H14N2O5/c1-7-5-8(13(17)18)3-4-9(7)12-6-11(2,16)10(14)15/h3-5,12,16H,6H2,1-2H3,(H,14,15). The van der Waals surface area contributed by atoms with Gasteiger partial charge >= 0.3 is 5.97 Å². The molecule has 0 amide bonds. The van der Waals surface area contributed by atoms with Crippen molar-refractivity contribution >= 4 is 17.3 Å². The number of aliphatic hydroxyl groups is 1. The zero-order valence-corrected chi connectivity index (χ0v) is 10.0. The van der Waals surface area contributed by atoms with Gasteiger partial charge in [0, 0.05) is 17.8 Å². The summed E-state index contributed by atoms with van der Waals surface area (Å²) in [6, 6.07) is 4.16. The quantitative estimate of drug-likeness (QED) is 0.536. The lowest BCUT2D eigenvalue weighted by atomic mass is 10.1. The van der Waals surface area contributed by atoms with Gasteiger partial charge in [0.1, 0.15) is 0 Å². The van der Waals surface area contributed by atoms with Crippen molar-refractivity contribution < 1.29 is 19.9 Å². The molecule has 18 heavy (non-hydrogen) atoms. The van der Waals surface area contributed by atoms with Crippen LogP contribution in [0.5, 0.6) is 0 Å². The lowest BCUT2D eigenvalue weighted by Gasteiger charge is -2.19. The summed E-state index contributed by atoms with van der Waals surface area (Å²) in [4.78, 5) is 20.7. The second-order valence-corrected chi connectivity index (χ2v) is 4.19. The molecular weight excluding hydrogens is 240 g/mol. The lowest BCUT2D eigenvalue weighted by Crippen LogP contribution is -2.41. The first-order valence-electron chi connectivity index (χ1n) is 5.19. The average molecular weight is 254 g/mol. The van der Waals surface area contributed by atoms with E-state index in [4.69, 9.17) is 5.11 Å². The molecule has 7 nitrogen and oxygen atoms in total. The van der Waals surface area contributed by atoms with Crippen molar-refractivity contribution in [2.45, 2.75) is 19.4 Å². The number of carbonyl (C=O) groups is 1. The smallest absolute Gasteiger partial charge is 0.337 e. The van der Waals surface area contributed by atoms with Crippen molar-refractivity contribution in [1.29, 1.82) is 0 Å². The van der Waals surface area contributed by atoms with Gasteiger partial charge in [0.15, 0.2) is 5.60 Å².